The van der Waals surface area contributed by atoms with E-state index in [-0.39, 0.29) is 12.1 Å². The van der Waals surface area contributed by atoms with Crippen molar-refractivity contribution in [3.8, 4) is 11.5 Å². The lowest BCUT2D eigenvalue weighted by molar-refractivity contribution is -0.160. The Kier molecular flexibility index (Phi) is 8.10. The Bertz CT molecular complexity index is 1040. The largest absolute Gasteiger partial charge is 0.457 e. The van der Waals surface area contributed by atoms with Crippen LogP contribution < -0.4 is 20.7 Å². The quantitative estimate of drug-likeness (QED) is 0.199. The van der Waals surface area contributed by atoms with Gasteiger partial charge in [0.25, 0.3) is 0 Å². The number of pyridine rings is 1. The van der Waals surface area contributed by atoms with Gasteiger partial charge < -0.3 is 15.4 Å². The number of nitrogens with one attached hydrogen (secondary N) is 3. The molecule has 3 aromatic rings. The Morgan fingerprint density at radius 3 is 2.81 bits per heavy atom. The predicted molar refractivity (Wildman–Crippen MR) is 118 cm³/mol. The summed E-state index contributed by atoms with van der Waals surface area (Å²) in [6, 6.07) is 9.99. The zero-order chi connectivity index (χ0) is 22.1. The van der Waals surface area contributed by atoms with Gasteiger partial charge in [-0.1, -0.05) is 0 Å². The number of amides is 3. The number of carbonyl (C=O) groups is 2. The lowest BCUT2D eigenvalue weighted by atomic mass is 10.2. The zero-order valence-electron chi connectivity index (χ0n) is 17.1. The Hall–Kier alpha value is -3.28. The van der Waals surface area contributed by atoms with Crippen LogP contribution in [0.5, 0.6) is 11.5 Å². The van der Waals surface area contributed by atoms with Crippen molar-refractivity contribution in [3.63, 3.8) is 0 Å². The zero-order valence-corrected chi connectivity index (χ0v) is 17.9. The van der Waals surface area contributed by atoms with Gasteiger partial charge >= 0.3 is 12.1 Å². The molecule has 1 aromatic carbocycles. The van der Waals surface area contributed by atoms with Crippen LogP contribution in [-0.2, 0) is 9.22 Å². The summed E-state index contributed by atoms with van der Waals surface area (Å²) in [6.07, 6.45) is 3.97. The van der Waals surface area contributed by atoms with Gasteiger partial charge in [0.2, 0.25) is 0 Å². The fourth-order valence-electron chi connectivity index (χ4n) is 2.74. The Balaban J connectivity index is 1.56. The molecule has 3 N–H and O–H groups in total. The number of aromatic nitrogens is 2. The van der Waals surface area contributed by atoms with Gasteiger partial charge in [-0.05, 0) is 36.8 Å². The third-order valence-electron chi connectivity index (χ3n) is 4.11. The van der Waals surface area contributed by atoms with Crippen LogP contribution >= 0.6 is 12.0 Å². The van der Waals surface area contributed by atoms with Crippen LogP contribution in [-0.4, -0.2) is 48.1 Å². The summed E-state index contributed by atoms with van der Waals surface area (Å²) in [7, 11) is 3.02. The summed E-state index contributed by atoms with van der Waals surface area (Å²) in [5.74, 6) is 2.16. The standard InChI is InChI=1S/C20H23N5O5S/c1-21-20(27)25-10-7-14-12-15(4-5-17(14)25)29-16-6-9-22-18(13-16)24-19(26)23-8-3-11-31-30-28-2/h4-7,9-10,12-13H,3,8,11H2,1-2H3,(H,21,27)(H2,22,23,24,26). The van der Waals surface area contributed by atoms with E-state index < -0.39 is 0 Å². The maximum Gasteiger partial charge on any atom is 0.325 e. The number of benzene rings is 1. The maximum atomic E-state index is 12.0. The molecule has 11 heteroatoms. The molecule has 31 heavy (non-hydrogen) atoms. The minimum Gasteiger partial charge on any atom is -0.457 e. The average molecular weight is 446 g/mol. The highest BCUT2D eigenvalue weighted by Crippen LogP contribution is 2.27. The third-order valence-corrected chi connectivity index (χ3v) is 4.80. The van der Waals surface area contributed by atoms with E-state index in [2.05, 4.69) is 30.2 Å². The summed E-state index contributed by atoms with van der Waals surface area (Å²) in [6.45, 7) is 0.484. The van der Waals surface area contributed by atoms with E-state index in [1.54, 1.807) is 37.6 Å². The maximum absolute atomic E-state index is 12.0. The summed E-state index contributed by atoms with van der Waals surface area (Å²) in [4.78, 5) is 32.5. The predicted octanol–water partition coefficient (Wildman–Crippen LogP) is 3.75. The molecule has 164 valence electrons. The summed E-state index contributed by atoms with van der Waals surface area (Å²) in [5.41, 5.74) is 0.771. The third kappa shape index (κ3) is 6.35. The SMILES string of the molecule is CNC(=O)n1ccc2cc(Oc3ccnc(NC(=O)NCCCSOOC)c3)ccc21. The number of carbonyl (C=O) groups excluding carboxylic acids is 2. The van der Waals surface area contributed by atoms with Gasteiger partial charge in [-0.2, -0.15) is 4.33 Å². The highest BCUT2D eigenvalue weighted by Gasteiger charge is 2.09. The van der Waals surface area contributed by atoms with Crippen LogP contribution in [0.15, 0.2) is 48.8 Å². The molecule has 3 amide bonds. The second-order valence-corrected chi connectivity index (χ2v) is 7.01. The van der Waals surface area contributed by atoms with E-state index in [4.69, 9.17) is 4.74 Å². The highest BCUT2D eigenvalue weighted by molar-refractivity contribution is 7.94. The van der Waals surface area contributed by atoms with Crippen LogP contribution in [0.4, 0.5) is 15.4 Å². The molecular weight excluding hydrogens is 422 g/mol. The molecule has 2 aromatic heterocycles. The molecule has 3 rings (SSSR count). The molecule has 0 unspecified atom stereocenters. The molecule has 0 saturated carbocycles. The number of ether oxygens (including phenoxy) is 1. The highest BCUT2D eigenvalue weighted by atomic mass is 32.2. The normalized spacial score (nSPS) is 10.6. The Morgan fingerprint density at radius 2 is 2.00 bits per heavy atom. The number of hydrogen-bond donors (Lipinski definition) is 3. The number of urea groups is 1. The van der Waals surface area contributed by atoms with E-state index in [0.29, 0.717) is 29.6 Å². The first-order valence-electron chi connectivity index (χ1n) is 9.45. The van der Waals surface area contributed by atoms with Gasteiger partial charge in [0.05, 0.1) is 12.6 Å². The van der Waals surface area contributed by atoms with E-state index in [0.717, 1.165) is 17.3 Å². The molecule has 10 nitrogen and oxygen atoms in total. The number of nitrogens with zero attached hydrogens (tertiary/aromatic N) is 2. The van der Waals surface area contributed by atoms with E-state index >= 15 is 0 Å². The minimum absolute atomic E-state index is 0.214. The molecule has 0 aliphatic carbocycles. The molecule has 0 aliphatic rings. The molecule has 0 spiro atoms. The van der Waals surface area contributed by atoms with E-state index in [1.807, 2.05) is 18.2 Å². The minimum atomic E-state index is -0.362. The van der Waals surface area contributed by atoms with Gasteiger partial charge in [-0.25, -0.2) is 19.5 Å². The first-order chi connectivity index (χ1) is 15.1. The van der Waals surface area contributed by atoms with Crippen molar-refractivity contribution < 1.29 is 23.5 Å². The van der Waals surface area contributed by atoms with E-state index in [1.165, 1.54) is 23.7 Å². The molecule has 0 bridgehead atoms. The monoisotopic (exact) mass is 445 g/mol. The van der Waals surface area contributed by atoms with Gasteiger partial charge in [0.1, 0.15) is 17.3 Å². The lowest BCUT2D eigenvalue weighted by Crippen LogP contribution is -2.30. The first-order valence-corrected chi connectivity index (χ1v) is 10.4. The van der Waals surface area contributed by atoms with Crippen LogP contribution in [0.1, 0.15) is 6.42 Å². The summed E-state index contributed by atoms with van der Waals surface area (Å²) in [5, 5.41) is 8.87. The van der Waals surface area contributed by atoms with Crippen molar-refractivity contribution in [2.24, 2.45) is 0 Å². The van der Waals surface area contributed by atoms with E-state index in [9.17, 15) is 9.59 Å². The fraction of sp³-hybridized carbons (Fsp3) is 0.250. The number of fused-ring (bicyclic) bond motifs is 1. The number of hydrogen-bond acceptors (Lipinski definition) is 7. The van der Waals surface area contributed by atoms with Crippen LogP contribution in [0, 0.1) is 0 Å². The average Bonchev–Trinajstić information content (AvgIpc) is 3.19. The molecule has 0 fully saturated rings. The van der Waals surface area contributed by atoms with Crippen molar-refractivity contribution in [3.05, 3.63) is 48.8 Å². The summed E-state index contributed by atoms with van der Waals surface area (Å²) < 4.78 is 12.1. The van der Waals surface area contributed by atoms with Crippen molar-refractivity contribution in [2.75, 3.05) is 31.8 Å². The second-order valence-electron chi connectivity index (χ2n) is 6.23. The van der Waals surface area contributed by atoms with Crippen LogP contribution in [0.3, 0.4) is 0 Å². The summed E-state index contributed by atoms with van der Waals surface area (Å²) >= 11 is 1.17. The Labute approximate surface area is 183 Å². The molecule has 0 radical (unpaired) electrons. The van der Waals surface area contributed by atoms with Crippen molar-refractivity contribution in [1.29, 1.82) is 0 Å². The van der Waals surface area contributed by atoms with Crippen molar-refractivity contribution in [2.45, 2.75) is 6.42 Å². The van der Waals surface area contributed by atoms with Gasteiger partial charge in [0.15, 0.2) is 0 Å². The molecular formula is C20H23N5O5S. The first kappa shape index (κ1) is 22.4. The van der Waals surface area contributed by atoms with Gasteiger partial charge in [-0.15, -0.1) is 0 Å². The van der Waals surface area contributed by atoms with Gasteiger partial charge in [0, 0.05) is 55.2 Å². The molecule has 0 saturated heterocycles. The Morgan fingerprint density at radius 1 is 1.16 bits per heavy atom. The molecule has 0 atom stereocenters. The molecule has 0 aliphatic heterocycles. The van der Waals surface area contributed by atoms with Crippen LogP contribution in [0.2, 0.25) is 0 Å². The van der Waals surface area contributed by atoms with Crippen molar-refractivity contribution in [1.82, 2.24) is 20.2 Å². The lowest BCUT2D eigenvalue weighted by Gasteiger charge is -2.10. The van der Waals surface area contributed by atoms with Crippen molar-refractivity contribution >= 4 is 40.8 Å². The number of rotatable bonds is 9. The topological polar surface area (TPSA) is 116 Å². The fourth-order valence-corrected chi connectivity index (χ4v) is 3.16. The number of anilines is 1. The van der Waals surface area contributed by atoms with Crippen LogP contribution in [0.25, 0.3) is 10.9 Å². The van der Waals surface area contributed by atoms with Gasteiger partial charge in [-0.3, -0.25) is 9.88 Å². The smallest absolute Gasteiger partial charge is 0.325 e. The second kappa shape index (κ2) is 11.2. The molecule has 2 heterocycles.